The predicted octanol–water partition coefficient (Wildman–Crippen LogP) is 3.18. The topological polar surface area (TPSA) is 26.3 Å². The zero-order valence-corrected chi connectivity index (χ0v) is 11.2. The maximum atomic E-state index is 12.1. The smallest absolute Gasteiger partial charge is 0.143 e. The van der Waals surface area contributed by atoms with Crippen molar-refractivity contribution in [2.45, 2.75) is 39.5 Å². The van der Waals surface area contributed by atoms with Gasteiger partial charge in [0.2, 0.25) is 0 Å². The Hall–Kier alpha value is 0.360. The van der Waals surface area contributed by atoms with Crippen molar-refractivity contribution < 1.29 is 9.53 Å². The third-order valence-corrected chi connectivity index (χ3v) is 3.50. The molecular weight excluding hydrogens is 291 g/mol. The summed E-state index contributed by atoms with van der Waals surface area (Å²) >= 11 is 2.19. The van der Waals surface area contributed by atoms with E-state index >= 15 is 0 Å². The Morgan fingerprint density at radius 3 is 2.43 bits per heavy atom. The van der Waals surface area contributed by atoms with E-state index in [1.165, 1.54) is 12.8 Å². The van der Waals surface area contributed by atoms with Crippen LogP contribution in [0.15, 0.2) is 0 Å². The number of hydrogen-bond donors (Lipinski definition) is 0. The summed E-state index contributed by atoms with van der Waals surface area (Å²) in [4.78, 5) is 12.1. The molecule has 1 aliphatic rings. The summed E-state index contributed by atoms with van der Waals surface area (Å²) in [7, 11) is 0. The van der Waals surface area contributed by atoms with Crippen LogP contribution in [0.4, 0.5) is 0 Å². The van der Waals surface area contributed by atoms with E-state index < -0.39 is 0 Å². The van der Waals surface area contributed by atoms with Crippen LogP contribution in [-0.4, -0.2) is 17.0 Å². The van der Waals surface area contributed by atoms with E-state index in [2.05, 4.69) is 22.6 Å². The number of hydrogen-bond acceptors (Lipinski definition) is 2. The fraction of sp³-hybridized carbons (Fsp3) is 0.909. The van der Waals surface area contributed by atoms with E-state index in [1.54, 1.807) is 0 Å². The number of ketones is 1. The Morgan fingerprint density at radius 1 is 1.43 bits per heavy atom. The Kier molecular flexibility index (Phi) is 4.83. The molecule has 0 atom stereocenters. The highest BCUT2D eigenvalue weighted by molar-refractivity contribution is 14.1. The lowest BCUT2D eigenvalue weighted by atomic mass is 9.78. The molecule has 0 aromatic rings. The van der Waals surface area contributed by atoms with Crippen molar-refractivity contribution in [1.82, 2.24) is 0 Å². The molecule has 0 aliphatic heterocycles. The summed E-state index contributed by atoms with van der Waals surface area (Å²) < 4.78 is 6.14. The van der Waals surface area contributed by atoms with Crippen molar-refractivity contribution >= 4 is 28.4 Å². The Morgan fingerprint density at radius 2 is 2.00 bits per heavy atom. The Balaban J connectivity index is 2.65. The van der Waals surface area contributed by atoms with Crippen LogP contribution in [0.2, 0.25) is 0 Å². The van der Waals surface area contributed by atoms with Crippen molar-refractivity contribution in [3.63, 3.8) is 0 Å². The zero-order valence-electron chi connectivity index (χ0n) is 9.01. The normalized spacial score (nSPS) is 20.3. The molecule has 1 rings (SSSR count). The number of ether oxygens (including phenoxy) is 1. The molecular formula is C11H19IO2. The molecule has 0 unspecified atom stereocenters. The average molecular weight is 310 g/mol. The standard InChI is InChI=1S/C11H19IO2/c1-9(2)10(13)11(7-14-8-12)5-3-4-6-11/h9H,3-8H2,1-2H3. The molecule has 0 aromatic carbocycles. The van der Waals surface area contributed by atoms with Gasteiger partial charge in [0, 0.05) is 5.92 Å². The maximum Gasteiger partial charge on any atom is 0.143 e. The molecule has 14 heavy (non-hydrogen) atoms. The van der Waals surface area contributed by atoms with Gasteiger partial charge in [-0.15, -0.1) is 0 Å². The molecule has 2 nitrogen and oxygen atoms in total. The second kappa shape index (κ2) is 5.45. The lowest BCUT2D eigenvalue weighted by molar-refractivity contribution is -0.134. The third-order valence-electron chi connectivity index (χ3n) is 3.06. The molecule has 3 heteroatoms. The van der Waals surface area contributed by atoms with E-state index in [1.807, 2.05) is 13.8 Å². The van der Waals surface area contributed by atoms with E-state index in [9.17, 15) is 4.79 Å². The maximum absolute atomic E-state index is 12.1. The minimum absolute atomic E-state index is 0.140. The zero-order chi connectivity index (χ0) is 10.6. The first kappa shape index (κ1) is 12.4. The number of alkyl halides is 1. The molecule has 0 amide bonds. The van der Waals surface area contributed by atoms with Gasteiger partial charge in [-0.3, -0.25) is 4.79 Å². The number of halogens is 1. The van der Waals surface area contributed by atoms with Gasteiger partial charge < -0.3 is 4.74 Å². The average Bonchev–Trinajstić information content (AvgIpc) is 2.63. The van der Waals surface area contributed by atoms with Crippen LogP contribution >= 0.6 is 22.6 Å². The SMILES string of the molecule is CC(C)C(=O)C1(COCI)CCCC1. The Labute approximate surface area is 99.9 Å². The molecule has 0 spiro atoms. The van der Waals surface area contributed by atoms with Gasteiger partial charge in [-0.1, -0.05) is 49.3 Å². The van der Waals surface area contributed by atoms with Crippen LogP contribution in [0.25, 0.3) is 0 Å². The first-order valence-corrected chi connectivity index (χ1v) is 6.83. The largest absolute Gasteiger partial charge is 0.370 e. The van der Waals surface area contributed by atoms with Crippen molar-refractivity contribution in [1.29, 1.82) is 0 Å². The molecule has 1 fully saturated rings. The molecule has 1 saturated carbocycles. The van der Waals surface area contributed by atoms with E-state index in [0.717, 1.165) is 12.8 Å². The van der Waals surface area contributed by atoms with Crippen molar-refractivity contribution in [2.75, 3.05) is 11.2 Å². The first-order valence-electron chi connectivity index (χ1n) is 5.30. The highest BCUT2D eigenvalue weighted by Gasteiger charge is 2.41. The second-order valence-electron chi connectivity index (χ2n) is 4.46. The van der Waals surface area contributed by atoms with Crippen LogP contribution < -0.4 is 0 Å². The molecule has 0 radical (unpaired) electrons. The van der Waals surface area contributed by atoms with Gasteiger partial charge in [0.15, 0.2) is 0 Å². The fourth-order valence-corrected chi connectivity index (χ4v) is 2.58. The van der Waals surface area contributed by atoms with Gasteiger partial charge >= 0.3 is 0 Å². The summed E-state index contributed by atoms with van der Waals surface area (Å²) in [6.45, 7) is 4.62. The van der Waals surface area contributed by atoms with Gasteiger partial charge in [-0.2, -0.15) is 0 Å². The molecule has 0 N–H and O–H groups in total. The first-order chi connectivity index (χ1) is 6.62. The minimum Gasteiger partial charge on any atom is -0.370 e. The quantitative estimate of drug-likeness (QED) is 0.576. The summed E-state index contributed by atoms with van der Waals surface area (Å²) in [6.07, 6.45) is 4.42. The van der Waals surface area contributed by atoms with Crippen LogP contribution in [0, 0.1) is 11.3 Å². The summed E-state index contributed by atoms with van der Waals surface area (Å²) in [6, 6.07) is 0. The molecule has 0 heterocycles. The Bertz CT molecular complexity index is 195. The van der Waals surface area contributed by atoms with Gasteiger partial charge in [0.25, 0.3) is 0 Å². The minimum atomic E-state index is -0.140. The third kappa shape index (κ3) is 2.69. The van der Waals surface area contributed by atoms with Crippen molar-refractivity contribution in [3.05, 3.63) is 0 Å². The van der Waals surface area contributed by atoms with Crippen LogP contribution in [0.3, 0.4) is 0 Å². The van der Waals surface area contributed by atoms with Gasteiger partial charge in [-0.05, 0) is 12.8 Å². The van der Waals surface area contributed by atoms with E-state index in [0.29, 0.717) is 17.0 Å². The van der Waals surface area contributed by atoms with E-state index in [4.69, 9.17) is 4.74 Å². The lowest BCUT2D eigenvalue weighted by Gasteiger charge is -2.28. The molecule has 0 aromatic heterocycles. The summed E-state index contributed by atoms with van der Waals surface area (Å²) in [5.41, 5.74) is -0.140. The monoisotopic (exact) mass is 310 g/mol. The predicted molar refractivity (Wildman–Crippen MR) is 65.6 cm³/mol. The van der Waals surface area contributed by atoms with E-state index in [-0.39, 0.29) is 11.3 Å². The second-order valence-corrected chi connectivity index (χ2v) is 5.09. The summed E-state index contributed by atoms with van der Waals surface area (Å²) in [5, 5.41) is 0. The van der Waals surface area contributed by atoms with Crippen LogP contribution in [-0.2, 0) is 9.53 Å². The number of carbonyl (C=O) groups is 1. The van der Waals surface area contributed by atoms with Crippen LogP contribution in [0.1, 0.15) is 39.5 Å². The van der Waals surface area contributed by atoms with Gasteiger partial charge in [0.1, 0.15) is 5.78 Å². The van der Waals surface area contributed by atoms with Gasteiger partial charge in [-0.25, -0.2) is 0 Å². The number of carbonyl (C=O) groups excluding carboxylic acids is 1. The molecule has 0 saturated heterocycles. The number of rotatable bonds is 5. The molecule has 1 aliphatic carbocycles. The summed E-state index contributed by atoms with van der Waals surface area (Å²) in [5.74, 6) is 0.547. The highest BCUT2D eigenvalue weighted by Crippen LogP contribution is 2.41. The van der Waals surface area contributed by atoms with Crippen molar-refractivity contribution in [2.24, 2.45) is 11.3 Å². The number of Topliss-reactive ketones (excluding diaryl/α,β-unsaturated/α-hetero) is 1. The lowest BCUT2D eigenvalue weighted by Crippen LogP contribution is -2.36. The van der Waals surface area contributed by atoms with Crippen molar-refractivity contribution in [3.8, 4) is 0 Å². The van der Waals surface area contributed by atoms with Gasteiger partial charge in [0.05, 0.1) is 16.6 Å². The fourth-order valence-electron chi connectivity index (χ4n) is 2.36. The molecule has 82 valence electrons. The molecule has 0 bridgehead atoms. The highest BCUT2D eigenvalue weighted by atomic mass is 127. The van der Waals surface area contributed by atoms with Crippen LogP contribution in [0.5, 0.6) is 0 Å².